The highest BCUT2D eigenvalue weighted by atomic mass is 16.4. The molecule has 10 rings (SSSR count). The maximum Gasteiger partial charge on any atom is 0.178 e. The smallest absolute Gasteiger partial charge is 0.178 e. The zero-order chi connectivity index (χ0) is 28.1. The van der Waals surface area contributed by atoms with Crippen LogP contribution in [0.25, 0.3) is 98.6 Å². The van der Waals surface area contributed by atoms with E-state index >= 15 is 0 Å². The van der Waals surface area contributed by atoms with Gasteiger partial charge in [-0.25, -0.2) is 0 Å². The molecular weight excluding hydrogens is 528 g/mol. The lowest BCUT2D eigenvalue weighted by atomic mass is 9.85. The van der Waals surface area contributed by atoms with Gasteiger partial charge in [0.2, 0.25) is 0 Å². The Labute approximate surface area is 245 Å². The van der Waals surface area contributed by atoms with E-state index in [-0.39, 0.29) is 0 Å². The van der Waals surface area contributed by atoms with Crippen LogP contribution in [0.4, 0.5) is 0 Å². The summed E-state index contributed by atoms with van der Waals surface area (Å²) in [7, 11) is 0. The SMILES string of the molecule is c1ccc2c(c1)oc1cc(-c3c4ccccc4c(-c4cccc5oc6c(ccc7ccoc76)c45)c4ccccc34)ccc12. The van der Waals surface area contributed by atoms with Gasteiger partial charge in [-0.05, 0) is 80.2 Å². The van der Waals surface area contributed by atoms with Crippen molar-refractivity contribution < 1.29 is 13.3 Å². The summed E-state index contributed by atoms with van der Waals surface area (Å²) in [5.41, 5.74) is 8.92. The fraction of sp³-hybridized carbons (Fsp3) is 0. The molecule has 7 aromatic carbocycles. The lowest BCUT2D eigenvalue weighted by Crippen LogP contribution is -1.91. The van der Waals surface area contributed by atoms with Crippen molar-refractivity contribution >= 4 is 76.4 Å². The lowest BCUT2D eigenvalue weighted by molar-refractivity contribution is 0.600. The van der Waals surface area contributed by atoms with Gasteiger partial charge in [-0.3, -0.25) is 0 Å². The van der Waals surface area contributed by atoms with Crippen LogP contribution in [0.5, 0.6) is 0 Å². The molecule has 0 radical (unpaired) electrons. The molecule has 3 heteroatoms. The average molecular weight is 551 g/mol. The van der Waals surface area contributed by atoms with Gasteiger partial charge in [-0.15, -0.1) is 0 Å². The Morgan fingerprint density at radius 1 is 0.395 bits per heavy atom. The Morgan fingerprint density at radius 2 is 1.05 bits per heavy atom. The Hall–Kier alpha value is -5.80. The number of rotatable bonds is 2. The molecule has 0 fully saturated rings. The minimum absolute atomic E-state index is 0.783. The van der Waals surface area contributed by atoms with Gasteiger partial charge in [0.1, 0.15) is 16.7 Å². The Morgan fingerprint density at radius 3 is 1.84 bits per heavy atom. The number of furan rings is 3. The molecule has 3 aromatic heterocycles. The molecule has 0 aliphatic rings. The molecule has 0 aliphatic carbocycles. The van der Waals surface area contributed by atoms with Gasteiger partial charge in [0.15, 0.2) is 11.2 Å². The molecule has 0 saturated heterocycles. The van der Waals surface area contributed by atoms with Gasteiger partial charge in [0.05, 0.1) is 6.26 Å². The maximum absolute atomic E-state index is 6.47. The summed E-state index contributed by atoms with van der Waals surface area (Å²) in [5.74, 6) is 0. The molecule has 0 unspecified atom stereocenters. The average Bonchev–Trinajstić information content (AvgIpc) is 3.78. The molecule has 0 atom stereocenters. The van der Waals surface area contributed by atoms with Crippen molar-refractivity contribution in [1.82, 2.24) is 0 Å². The standard InChI is InChI=1S/C40H22O3/c1-3-11-29-27(9-1)36(24-17-18-26-25-8-5-6-14-33(25)42-35(26)22-24)28-10-2-4-12-30(28)37(29)31-13-7-15-34-38(31)32-19-16-23-20-21-41-39(23)40(32)43-34/h1-22H. The summed E-state index contributed by atoms with van der Waals surface area (Å²) < 4.78 is 18.6. The summed E-state index contributed by atoms with van der Waals surface area (Å²) in [6.07, 6.45) is 1.72. The third kappa shape index (κ3) is 3.08. The van der Waals surface area contributed by atoms with Crippen LogP contribution in [-0.4, -0.2) is 0 Å². The van der Waals surface area contributed by atoms with Gasteiger partial charge >= 0.3 is 0 Å². The van der Waals surface area contributed by atoms with Crippen molar-refractivity contribution in [2.24, 2.45) is 0 Å². The Bertz CT molecular complexity index is 2680. The summed E-state index contributed by atoms with van der Waals surface area (Å²) in [6, 6.07) is 45.0. The highest BCUT2D eigenvalue weighted by molar-refractivity contribution is 6.27. The van der Waals surface area contributed by atoms with Crippen LogP contribution in [0.2, 0.25) is 0 Å². The predicted octanol–water partition coefficient (Wildman–Crippen LogP) is 11.9. The van der Waals surface area contributed by atoms with E-state index in [2.05, 4.69) is 109 Å². The number of hydrogen-bond donors (Lipinski definition) is 0. The minimum Gasteiger partial charge on any atom is -0.460 e. The molecule has 0 amide bonds. The van der Waals surface area contributed by atoms with Crippen LogP contribution in [0.1, 0.15) is 0 Å². The molecule has 3 nitrogen and oxygen atoms in total. The third-order valence-electron chi connectivity index (χ3n) is 8.95. The minimum atomic E-state index is 0.783. The first-order chi connectivity index (χ1) is 21.3. The monoisotopic (exact) mass is 550 g/mol. The Kier molecular flexibility index (Phi) is 4.45. The number of para-hydroxylation sites is 1. The van der Waals surface area contributed by atoms with Crippen molar-refractivity contribution in [2.45, 2.75) is 0 Å². The van der Waals surface area contributed by atoms with Crippen molar-refractivity contribution in [3.8, 4) is 22.3 Å². The van der Waals surface area contributed by atoms with E-state index in [1.165, 1.54) is 32.7 Å². The van der Waals surface area contributed by atoms with E-state index in [1.54, 1.807) is 6.26 Å². The number of benzene rings is 7. The predicted molar refractivity (Wildman–Crippen MR) is 177 cm³/mol. The van der Waals surface area contributed by atoms with E-state index in [1.807, 2.05) is 18.2 Å². The molecule has 200 valence electrons. The van der Waals surface area contributed by atoms with Crippen molar-refractivity contribution in [3.63, 3.8) is 0 Å². The molecule has 43 heavy (non-hydrogen) atoms. The zero-order valence-electron chi connectivity index (χ0n) is 22.9. The molecular formula is C40H22O3. The number of fused-ring (bicyclic) bond motifs is 10. The molecule has 0 spiro atoms. The molecule has 0 N–H and O–H groups in total. The van der Waals surface area contributed by atoms with E-state index in [0.29, 0.717) is 0 Å². The topological polar surface area (TPSA) is 39.4 Å². The van der Waals surface area contributed by atoms with E-state index in [9.17, 15) is 0 Å². The number of hydrogen-bond acceptors (Lipinski definition) is 3. The van der Waals surface area contributed by atoms with Gasteiger partial charge in [-0.1, -0.05) is 91.0 Å². The molecule has 0 aliphatic heterocycles. The second-order valence-electron chi connectivity index (χ2n) is 11.2. The fourth-order valence-electron chi connectivity index (χ4n) is 7.13. The second kappa shape index (κ2) is 8.37. The first-order valence-corrected chi connectivity index (χ1v) is 14.5. The summed E-state index contributed by atoms with van der Waals surface area (Å²) >= 11 is 0. The molecule has 3 heterocycles. The van der Waals surface area contributed by atoms with Crippen LogP contribution in [0, 0.1) is 0 Å². The summed E-state index contributed by atoms with van der Waals surface area (Å²) in [5, 5.41) is 10.3. The van der Waals surface area contributed by atoms with Gasteiger partial charge in [-0.2, -0.15) is 0 Å². The van der Waals surface area contributed by atoms with Crippen LogP contribution in [-0.2, 0) is 0 Å². The first-order valence-electron chi connectivity index (χ1n) is 14.5. The normalized spacial score (nSPS) is 12.2. The molecule has 10 aromatic rings. The summed E-state index contributed by atoms with van der Waals surface area (Å²) in [6.45, 7) is 0. The first kappa shape index (κ1) is 22.8. The van der Waals surface area contributed by atoms with Crippen LogP contribution < -0.4 is 0 Å². The maximum atomic E-state index is 6.47. The second-order valence-corrected chi connectivity index (χ2v) is 11.2. The van der Waals surface area contributed by atoms with E-state index in [0.717, 1.165) is 66.0 Å². The highest BCUT2D eigenvalue weighted by Crippen LogP contribution is 2.48. The van der Waals surface area contributed by atoms with Crippen LogP contribution in [0.3, 0.4) is 0 Å². The van der Waals surface area contributed by atoms with E-state index < -0.39 is 0 Å². The van der Waals surface area contributed by atoms with Gasteiger partial charge in [0.25, 0.3) is 0 Å². The zero-order valence-corrected chi connectivity index (χ0v) is 22.9. The van der Waals surface area contributed by atoms with Crippen LogP contribution >= 0.6 is 0 Å². The van der Waals surface area contributed by atoms with Crippen molar-refractivity contribution in [2.75, 3.05) is 0 Å². The van der Waals surface area contributed by atoms with E-state index in [4.69, 9.17) is 13.3 Å². The fourth-order valence-corrected chi connectivity index (χ4v) is 7.13. The van der Waals surface area contributed by atoms with Crippen molar-refractivity contribution in [3.05, 3.63) is 134 Å². The van der Waals surface area contributed by atoms with Gasteiger partial charge < -0.3 is 13.3 Å². The molecule has 0 saturated carbocycles. The molecule has 0 bridgehead atoms. The largest absolute Gasteiger partial charge is 0.460 e. The van der Waals surface area contributed by atoms with Crippen molar-refractivity contribution in [1.29, 1.82) is 0 Å². The third-order valence-corrected chi connectivity index (χ3v) is 8.95. The van der Waals surface area contributed by atoms with Gasteiger partial charge in [0, 0.05) is 26.9 Å². The highest BCUT2D eigenvalue weighted by Gasteiger charge is 2.21. The lowest BCUT2D eigenvalue weighted by Gasteiger charge is -2.18. The van der Waals surface area contributed by atoms with Crippen LogP contribution in [0.15, 0.2) is 147 Å². The Balaban J connectivity index is 1.33. The summed E-state index contributed by atoms with van der Waals surface area (Å²) in [4.78, 5) is 0. The quantitative estimate of drug-likeness (QED) is 0.201.